The molecular weight excluding hydrogens is 467 g/mol. The van der Waals surface area contributed by atoms with Crippen LogP contribution in [0.5, 0.6) is 0 Å². The molecule has 160 valence electrons. The minimum absolute atomic E-state index is 0. The van der Waals surface area contributed by atoms with Crippen LogP contribution in [0.2, 0.25) is 0 Å². The molecule has 0 amide bonds. The average Bonchev–Trinajstić information content (AvgIpc) is 3.15. The molecular formula is C21H37IN4O2. The van der Waals surface area contributed by atoms with Crippen LogP contribution >= 0.6 is 24.0 Å². The quantitative estimate of drug-likeness (QED) is 0.210. The molecule has 0 aliphatic heterocycles. The summed E-state index contributed by atoms with van der Waals surface area (Å²) in [7, 11) is 1.78. The van der Waals surface area contributed by atoms with Gasteiger partial charge in [-0.15, -0.1) is 24.0 Å². The maximum absolute atomic E-state index is 11.7. The standard InChI is InChI=1S/C21H36N4O2.HI/c1-3-22-20(24-18-21(13-17-27-2)11-5-6-12-21)23-14-7-9-16-25-15-8-4-10-19(25)26;/h4,8,10,15H,3,5-7,9,11-14,16-18H2,1-2H3,(H2,22,23,24);1H. The van der Waals surface area contributed by atoms with Crippen LogP contribution in [0.4, 0.5) is 0 Å². The topological polar surface area (TPSA) is 67.7 Å². The van der Waals surface area contributed by atoms with Gasteiger partial charge in [-0.25, -0.2) is 0 Å². The summed E-state index contributed by atoms with van der Waals surface area (Å²) in [4.78, 5) is 16.6. The van der Waals surface area contributed by atoms with Crippen LogP contribution in [0.15, 0.2) is 34.2 Å². The number of aliphatic imine (C=N–C) groups is 1. The molecule has 0 spiro atoms. The van der Waals surface area contributed by atoms with Crippen molar-refractivity contribution in [3.05, 3.63) is 34.7 Å². The fourth-order valence-electron chi connectivity index (χ4n) is 3.78. The van der Waals surface area contributed by atoms with Gasteiger partial charge in [0, 0.05) is 52.2 Å². The minimum Gasteiger partial charge on any atom is -0.385 e. The second-order valence-electron chi connectivity index (χ2n) is 7.51. The van der Waals surface area contributed by atoms with Crippen LogP contribution in [-0.4, -0.2) is 43.9 Å². The SMILES string of the molecule is CCNC(=NCC1(CCOC)CCCC1)NCCCCn1ccccc1=O.I. The molecule has 28 heavy (non-hydrogen) atoms. The van der Waals surface area contributed by atoms with E-state index in [-0.39, 0.29) is 29.5 Å². The average molecular weight is 504 g/mol. The molecule has 1 fully saturated rings. The highest BCUT2D eigenvalue weighted by molar-refractivity contribution is 14.0. The van der Waals surface area contributed by atoms with Gasteiger partial charge in [0.25, 0.3) is 0 Å². The molecule has 1 saturated carbocycles. The lowest BCUT2D eigenvalue weighted by molar-refractivity contribution is 0.141. The van der Waals surface area contributed by atoms with Gasteiger partial charge in [0.15, 0.2) is 5.96 Å². The smallest absolute Gasteiger partial charge is 0.250 e. The molecule has 0 atom stereocenters. The summed E-state index contributed by atoms with van der Waals surface area (Å²) in [5.74, 6) is 0.901. The fourth-order valence-corrected chi connectivity index (χ4v) is 3.78. The summed E-state index contributed by atoms with van der Waals surface area (Å²) >= 11 is 0. The van der Waals surface area contributed by atoms with Gasteiger partial charge in [-0.2, -0.15) is 0 Å². The number of hydrogen-bond acceptors (Lipinski definition) is 3. The van der Waals surface area contributed by atoms with Crippen molar-refractivity contribution in [2.45, 2.75) is 58.4 Å². The number of ether oxygens (including phenoxy) is 1. The number of guanidine groups is 1. The number of aryl methyl sites for hydroxylation is 1. The summed E-state index contributed by atoms with van der Waals surface area (Å²) in [6.07, 6.45) is 10.0. The minimum atomic E-state index is 0. The highest BCUT2D eigenvalue weighted by Crippen LogP contribution is 2.41. The number of nitrogens with zero attached hydrogens (tertiary/aromatic N) is 2. The van der Waals surface area contributed by atoms with E-state index in [2.05, 4.69) is 17.6 Å². The van der Waals surface area contributed by atoms with Crippen LogP contribution in [0.25, 0.3) is 0 Å². The molecule has 1 aromatic rings. The number of unbranched alkanes of at least 4 members (excludes halogenated alkanes) is 1. The summed E-state index contributed by atoms with van der Waals surface area (Å²) < 4.78 is 7.08. The molecule has 0 unspecified atom stereocenters. The van der Waals surface area contributed by atoms with Gasteiger partial charge in [-0.05, 0) is 50.5 Å². The first-order valence-corrected chi connectivity index (χ1v) is 10.4. The van der Waals surface area contributed by atoms with Crippen molar-refractivity contribution in [3.63, 3.8) is 0 Å². The predicted molar refractivity (Wildman–Crippen MR) is 127 cm³/mol. The van der Waals surface area contributed by atoms with E-state index in [1.165, 1.54) is 25.7 Å². The highest BCUT2D eigenvalue weighted by atomic mass is 127. The lowest BCUT2D eigenvalue weighted by Crippen LogP contribution is -2.39. The van der Waals surface area contributed by atoms with Crippen molar-refractivity contribution >= 4 is 29.9 Å². The first-order valence-electron chi connectivity index (χ1n) is 10.4. The molecule has 0 radical (unpaired) electrons. The first kappa shape index (κ1) is 24.9. The molecule has 1 heterocycles. The summed E-state index contributed by atoms with van der Waals surface area (Å²) in [5, 5.41) is 6.79. The van der Waals surface area contributed by atoms with Gasteiger partial charge < -0.3 is 19.9 Å². The fraction of sp³-hybridized carbons (Fsp3) is 0.714. The number of rotatable bonds is 11. The normalized spacial score (nSPS) is 15.9. The van der Waals surface area contributed by atoms with Crippen LogP contribution < -0.4 is 16.2 Å². The number of methoxy groups -OCH3 is 1. The number of nitrogens with one attached hydrogen (secondary N) is 2. The van der Waals surface area contributed by atoms with Gasteiger partial charge >= 0.3 is 0 Å². The molecule has 0 saturated heterocycles. The van der Waals surface area contributed by atoms with E-state index in [9.17, 15) is 4.79 Å². The van der Waals surface area contributed by atoms with E-state index in [4.69, 9.17) is 9.73 Å². The Morgan fingerprint density at radius 3 is 2.71 bits per heavy atom. The summed E-state index contributed by atoms with van der Waals surface area (Å²) in [6.45, 7) is 6.25. The third kappa shape index (κ3) is 8.51. The molecule has 2 N–H and O–H groups in total. The zero-order valence-corrected chi connectivity index (χ0v) is 19.7. The Balaban J connectivity index is 0.00000392. The molecule has 6 nitrogen and oxygen atoms in total. The van der Waals surface area contributed by atoms with Crippen LogP contribution in [0.1, 0.15) is 51.9 Å². The maximum atomic E-state index is 11.7. The van der Waals surface area contributed by atoms with Crippen LogP contribution in [0, 0.1) is 5.41 Å². The van der Waals surface area contributed by atoms with Crippen molar-refractivity contribution in [2.75, 3.05) is 33.4 Å². The van der Waals surface area contributed by atoms with Crippen molar-refractivity contribution in [2.24, 2.45) is 10.4 Å². The van der Waals surface area contributed by atoms with Gasteiger partial charge in [0.05, 0.1) is 0 Å². The zero-order valence-electron chi connectivity index (χ0n) is 17.4. The second-order valence-corrected chi connectivity index (χ2v) is 7.51. The monoisotopic (exact) mass is 504 g/mol. The molecule has 1 aromatic heterocycles. The largest absolute Gasteiger partial charge is 0.385 e. The Hall–Kier alpha value is -1.09. The highest BCUT2D eigenvalue weighted by Gasteiger charge is 2.33. The number of aromatic nitrogens is 1. The molecule has 1 aliphatic rings. The molecule has 1 aliphatic carbocycles. The Morgan fingerprint density at radius 1 is 1.25 bits per heavy atom. The van der Waals surface area contributed by atoms with E-state index in [0.717, 1.165) is 58.0 Å². The van der Waals surface area contributed by atoms with Crippen molar-refractivity contribution in [1.82, 2.24) is 15.2 Å². The van der Waals surface area contributed by atoms with Crippen molar-refractivity contribution in [3.8, 4) is 0 Å². The molecule has 2 rings (SSSR count). The first-order chi connectivity index (χ1) is 13.2. The Labute approximate surface area is 186 Å². The van der Waals surface area contributed by atoms with E-state index >= 15 is 0 Å². The van der Waals surface area contributed by atoms with Crippen molar-refractivity contribution < 1.29 is 4.74 Å². The second kappa shape index (κ2) is 14.0. The van der Waals surface area contributed by atoms with Gasteiger partial charge in [0.2, 0.25) is 5.56 Å². The third-order valence-corrected chi connectivity index (χ3v) is 5.43. The molecule has 7 heteroatoms. The van der Waals surface area contributed by atoms with Crippen molar-refractivity contribution in [1.29, 1.82) is 0 Å². The Bertz CT molecular complexity index is 627. The zero-order chi connectivity index (χ0) is 19.4. The number of pyridine rings is 1. The van der Waals surface area contributed by atoms with Crippen LogP contribution in [0.3, 0.4) is 0 Å². The van der Waals surface area contributed by atoms with E-state index in [1.807, 2.05) is 12.3 Å². The molecule has 0 bridgehead atoms. The Morgan fingerprint density at radius 2 is 2.04 bits per heavy atom. The lowest BCUT2D eigenvalue weighted by Gasteiger charge is -2.27. The van der Waals surface area contributed by atoms with E-state index < -0.39 is 0 Å². The number of halogens is 1. The Kier molecular flexibility index (Phi) is 12.5. The maximum Gasteiger partial charge on any atom is 0.250 e. The van der Waals surface area contributed by atoms with E-state index in [1.54, 1.807) is 23.8 Å². The lowest BCUT2D eigenvalue weighted by atomic mass is 9.83. The molecule has 0 aromatic carbocycles. The number of hydrogen-bond donors (Lipinski definition) is 2. The third-order valence-electron chi connectivity index (χ3n) is 5.43. The predicted octanol–water partition coefficient (Wildman–Crippen LogP) is 3.40. The summed E-state index contributed by atoms with van der Waals surface area (Å²) in [5.41, 5.74) is 0.380. The van der Waals surface area contributed by atoms with Gasteiger partial charge in [-0.3, -0.25) is 9.79 Å². The van der Waals surface area contributed by atoms with E-state index in [0.29, 0.717) is 5.41 Å². The summed E-state index contributed by atoms with van der Waals surface area (Å²) in [6, 6.07) is 5.29. The van der Waals surface area contributed by atoms with Gasteiger partial charge in [0.1, 0.15) is 0 Å². The van der Waals surface area contributed by atoms with Gasteiger partial charge in [-0.1, -0.05) is 18.9 Å². The van der Waals surface area contributed by atoms with Crippen LogP contribution in [-0.2, 0) is 11.3 Å².